The summed E-state index contributed by atoms with van der Waals surface area (Å²) >= 11 is 1.80. The average molecular weight is 226 g/mol. The first-order valence-corrected chi connectivity index (χ1v) is 6.54. The van der Waals surface area contributed by atoms with E-state index in [2.05, 4.69) is 38.0 Å². The Balaban J connectivity index is 2.16. The molecule has 0 aliphatic heterocycles. The van der Waals surface area contributed by atoms with E-state index in [1.165, 1.54) is 16.3 Å². The van der Waals surface area contributed by atoms with Crippen LogP contribution in [0.5, 0.6) is 0 Å². The van der Waals surface area contributed by atoms with E-state index in [0.29, 0.717) is 6.04 Å². The van der Waals surface area contributed by atoms with Crippen LogP contribution < -0.4 is 5.32 Å². The lowest BCUT2D eigenvalue weighted by molar-refractivity contribution is 0.444. The molecule has 86 valence electrons. The van der Waals surface area contributed by atoms with Crippen LogP contribution in [0.15, 0.2) is 6.20 Å². The van der Waals surface area contributed by atoms with Crippen LogP contribution in [0.2, 0.25) is 0 Å². The second-order valence-electron chi connectivity index (χ2n) is 4.60. The van der Waals surface area contributed by atoms with Crippen LogP contribution in [0.1, 0.15) is 37.1 Å². The first-order valence-electron chi connectivity index (χ1n) is 5.72. The summed E-state index contributed by atoms with van der Waals surface area (Å²) in [6, 6.07) is 0.617. The Bertz CT molecular complexity index is 281. The molecule has 0 amide bonds. The minimum atomic E-state index is 0.617. The van der Waals surface area contributed by atoms with Gasteiger partial charge in [-0.3, -0.25) is 0 Å². The number of nitrogens with one attached hydrogen (secondary N) is 1. The molecule has 1 N–H and O–H groups in total. The molecule has 1 heterocycles. The lowest BCUT2D eigenvalue weighted by Crippen LogP contribution is -2.29. The zero-order valence-corrected chi connectivity index (χ0v) is 11.0. The van der Waals surface area contributed by atoms with Gasteiger partial charge in [0.15, 0.2) is 0 Å². The molecule has 0 fully saturated rings. The number of nitrogens with zero attached hydrogens (tertiary/aromatic N) is 1. The van der Waals surface area contributed by atoms with Gasteiger partial charge in [-0.15, -0.1) is 11.3 Å². The summed E-state index contributed by atoms with van der Waals surface area (Å²) in [6.45, 7) is 9.94. The Morgan fingerprint density at radius 1 is 1.40 bits per heavy atom. The average Bonchev–Trinajstić information content (AvgIpc) is 2.50. The maximum atomic E-state index is 4.35. The van der Waals surface area contributed by atoms with Crippen molar-refractivity contribution >= 4 is 11.3 Å². The van der Waals surface area contributed by atoms with Crippen molar-refractivity contribution in [2.45, 2.75) is 46.6 Å². The molecule has 0 radical (unpaired) electrons. The van der Waals surface area contributed by atoms with Crippen LogP contribution in [0.25, 0.3) is 0 Å². The standard InChI is InChI=1S/C12H22N2S/c1-9(2)7-10(3)13-6-5-12-14-8-11(4)15-12/h8-10,13H,5-7H2,1-4H3. The summed E-state index contributed by atoms with van der Waals surface area (Å²) in [5.74, 6) is 0.773. The summed E-state index contributed by atoms with van der Waals surface area (Å²) in [5.41, 5.74) is 0. The van der Waals surface area contributed by atoms with Gasteiger partial charge in [0, 0.05) is 30.1 Å². The maximum Gasteiger partial charge on any atom is 0.0940 e. The Labute approximate surface area is 97.1 Å². The van der Waals surface area contributed by atoms with Gasteiger partial charge in [-0.2, -0.15) is 0 Å². The summed E-state index contributed by atoms with van der Waals surface area (Å²) in [4.78, 5) is 5.66. The third-order valence-electron chi connectivity index (χ3n) is 2.33. The molecule has 0 aromatic carbocycles. The molecule has 0 aliphatic rings. The number of hydrogen-bond acceptors (Lipinski definition) is 3. The third kappa shape index (κ3) is 5.28. The second kappa shape index (κ2) is 6.23. The van der Waals surface area contributed by atoms with Gasteiger partial charge in [-0.1, -0.05) is 13.8 Å². The van der Waals surface area contributed by atoms with Gasteiger partial charge in [-0.05, 0) is 26.2 Å². The van der Waals surface area contributed by atoms with E-state index in [1.807, 2.05) is 6.20 Å². The van der Waals surface area contributed by atoms with Crippen molar-refractivity contribution < 1.29 is 0 Å². The highest BCUT2D eigenvalue weighted by atomic mass is 32.1. The first-order chi connectivity index (χ1) is 7.08. The predicted octanol–water partition coefficient (Wildman–Crippen LogP) is 3.02. The molecule has 0 aliphatic carbocycles. The van der Waals surface area contributed by atoms with E-state index in [-0.39, 0.29) is 0 Å². The van der Waals surface area contributed by atoms with Crippen LogP contribution in [0.3, 0.4) is 0 Å². The molecule has 1 aromatic rings. The number of hydrogen-bond donors (Lipinski definition) is 1. The third-order valence-corrected chi connectivity index (χ3v) is 3.30. The Morgan fingerprint density at radius 3 is 2.67 bits per heavy atom. The highest BCUT2D eigenvalue weighted by Gasteiger charge is 2.04. The maximum absolute atomic E-state index is 4.35. The van der Waals surface area contributed by atoms with Gasteiger partial charge in [-0.25, -0.2) is 4.98 Å². The SMILES string of the molecule is Cc1cnc(CCNC(C)CC(C)C)s1. The molecule has 3 heteroatoms. The highest BCUT2D eigenvalue weighted by molar-refractivity contribution is 7.11. The van der Waals surface area contributed by atoms with E-state index >= 15 is 0 Å². The van der Waals surface area contributed by atoms with Crippen molar-refractivity contribution in [3.8, 4) is 0 Å². The zero-order chi connectivity index (χ0) is 11.3. The largest absolute Gasteiger partial charge is 0.314 e. The minimum absolute atomic E-state index is 0.617. The van der Waals surface area contributed by atoms with E-state index < -0.39 is 0 Å². The van der Waals surface area contributed by atoms with Crippen molar-refractivity contribution in [2.24, 2.45) is 5.92 Å². The van der Waals surface area contributed by atoms with Crippen molar-refractivity contribution in [3.63, 3.8) is 0 Å². The Kier molecular flexibility index (Phi) is 5.26. The van der Waals surface area contributed by atoms with Crippen LogP contribution in [-0.2, 0) is 6.42 Å². The zero-order valence-electron chi connectivity index (χ0n) is 10.2. The Hall–Kier alpha value is -0.410. The van der Waals surface area contributed by atoms with Gasteiger partial charge in [0.25, 0.3) is 0 Å². The summed E-state index contributed by atoms with van der Waals surface area (Å²) in [7, 11) is 0. The normalized spacial score (nSPS) is 13.4. The molecule has 1 rings (SSSR count). The number of rotatable bonds is 6. The number of aryl methyl sites for hydroxylation is 1. The number of thiazole rings is 1. The molecule has 0 saturated carbocycles. The highest BCUT2D eigenvalue weighted by Crippen LogP contribution is 2.11. The predicted molar refractivity (Wildman–Crippen MR) is 67.5 cm³/mol. The van der Waals surface area contributed by atoms with E-state index in [1.54, 1.807) is 11.3 Å². The van der Waals surface area contributed by atoms with Gasteiger partial charge >= 0.3 is 0 Å². The fraction of sp³-hybridized carbons (Fsp3) is 0.750. The molecule has 0 spiro atoms. The van der Waals surface area contributed by atoms with E-state index in [0.717, 1.165) is 18.9 Å². The van der Waals surface area contributed by atoms with Crippen molar-refractivity contribution in [1.82, 2.24) is 10.3 Å². The van der Waals surface area contributed by atoms with Crippen molar-refractivity contribution in [3.05, 3.63) is 16.1 Å². The smallest absolute Gasteiger partial charge is 0.0940 e. The fourth-order valence-electron chi connectivity index (χ4n) is 1.73. The molecular formula is C12H22N2S. The molecule has 2 nitrogen and oxygen atoms in total. The first kappa shape index (κ1) is 12.7. The van der Waals surface area contributed by atoms with Crippen molar-refractivity contribution in [1.29, 1.82) is 0 Å². The van der Waals surface area contributed by atoms with E-state index in [9.17, 15) is 0 Å². The van der Waals surface area contributed by atoms with Gasteiger partial charge in [0.1, 0.15) is 0 Å². The summed E-state index contributed by atoms with van der Waals surface area (Å²) in [5, 5.41) is 4.79. The van der Waals surface area contributed by atoms with Gasteiger partial charge in [0.05, 0.1) is 5.01 Å². The van der Waals surface area contributed by atoms with Gasteiger partial charge < -0.3 is 5.32 Å². The molecule has 0 saturated heterocycles. The van der Waals surface area contributed by atoms with Crippen LogP contribution in [-0.4, -0.2) is 17.6 Å². The minimum Gasteiger partial charge on any atom is -0.314 e. The molecule has 0 bridgehead atoms. The fourth-order valence-corrected chi connectivity index (χ4v) is 2.52. The lowest BCUT2D eigenvalue weighted by Gasteiger charge is -2.15. The summed E-state index contributed by atoms with van der Waals surface area (Å²) in [6.07, 6.45) is 4.26. The van der Waals surface area contributed by atoms with E-state index in [4.69, 9.17) is 0 Å². The van der Waals surface area contributed by atoms with Crippen LogP contribution >= 0.6 is 11.3 Å². The Morgan fingerprint density at radius 2 is 2.13 bits per heavy atom. The van der Waals surface area contributed by atoms with Crippen LogP contribution in [0.4, 0.5) is 0 Å². The van der Waals surface area contributed by atoms with Gasteiger partial charge in [0.2, 0.25) is 0 Å². The molecule has 1 aromatic heterocycles. The van der Waals surface area contributed by atoms with Crippen molar-refractivity contribution in [2.75, 3.05) is 6.54 Å². The quantitative estimate of drug-likeness (QED) is 0.806. The second-order valence-corrected chi connectivity index (χ2v) is 5.92. The molecule has 1 unspecified atom stereocenters. The lowest BCUT2D eigenvalue weighted by atomic mass is 10.1. The van der Waals surface area contributed by atoms with Crippen LogP contribution in [0, 0.1) is 12.8 Å². The topological polar surface area (TPSA) is 24.9 Å². The number of aromatic nitrogens is 1. The summed E-state index contributed by atoms with van der Waals surface area (Å²) < 4.78 is 0. The molecule has 1 atom stereocenters. The molecular weight excluding hydrogens is 204 g/mol. The monoisotopic (exact) mass is 226 g/mol. The molecule has 15 heavy (non-hydrogen) atoms.